The molecule has 0 bridgehead atoms. The van der Waals surface area contributed by atoms with Crippen LogP contribution in [0, 0.1) is 0 Å². The molecule has 3 heterocycles. The molecule has 0 spiro atoms. The van der Waals surface area contributed by atoms with Crippen molar-refractivity contribution in [1.82, 2.24) is 14.9 Å². The van der Waals surface area contributed by atoms with Gasteiger partial charge in [-0.15, -0.1) is 23.1 Å². The topological polar surface area (TPSA) is 55.3 Å². The maximum Gasteiger partial charge on any atom is 0.223 e. The summed E-state index contributed by atoms with van der Waals surface area (Å²) in [5.74, 6) is 1.87. The smallest absolute Gasteiger partial charge is 0.223 e. The third-order valence-corrected chi connectivity index (χ3v) is 6.70. The van der Waals surface area contributed by atoms with Crippen molar-refractivity contribution in [2.75, 3.05) is 25.4 Å². The molecule has 3 aromatic rings. The van der Waals surface area contributed by atoms with E-state index < -0.39 is 0 Å². The molecule has 28 heavy (non-hydrogen) atoms. The SMILES string of the molecule is CCOc1ccc(-c2csc3ncnc(SCCC(=O)N4CCCC4)c23)cc1. The maximum absolute atomic E-state index is 12.3. The standard InChI is InChI=1S/C21H23N3O2S2/c1-2-26-16-7-5-15(6-8-16)17-13-28-21-19(17)20(22-14-23-21)27-12-9-18(25)24-10-3-4-11-24/h5-8,13-14H,2-4,9-12H2,1H3. The number of rotatable bonds is 7. The molecule has 146 valence electrons. The number of thiophene rings is 1. The van der Waals surface area contributed by atoms with Crippen molar-refractivity contribution in [2.45, 2.75) is 31.2 Å². The van der Waals surface area contributed by atoms with Crippen LogP contribution in [0.4, 0.5) is 0 Å². The minimum atomic E-state index is 0.257. The molecule has 0 atom stereocenters. The highest BCUT2D eigenvalue weighted by Crippen LogP contribution is 2.38. The van der Waals surface area contributed by atoms with Gasteiger partial charge in [-0.05, 0) is 37.5 Å². The number of fused-ring (bicyclic) bond motifs is 1. The van der Waals surface area contributed by atoms with E-state index in [4.69, 9.17) is 4.74 Å². The molecular formula is C21H23N3O2S2. The van der Waals surface area contributed by atoms with Crippen molar-refractivity contribution in [1.29, 1.82) is 0 Å². The molecule has 1 aliphatic rings. The van der Waals surface area contributed by atoms with Crippen LogP contribution < -0.4 is 4.74 Å². The molecule has 0 radical (unpaired) electrons. The van der Waals surface area contributed by atoms with Crippen LogP contribution in [0.3, 0.4) is 0 Å². The third kappa shape index (κ3) is 4.15. The summed E-state index contributed by atoms with van der Waals surface area (Å²) in [6.07, 6.45) is 4.43. The van der Waals surface area contributed by atoms with E-state index in [1.807, 2.05) is 24.0 Å². The lowest BCUT2D eigenvalue weighted by Crippen LogP contribution is -2.27. The summed E-state index contributed by atoms with van der Waals surface area (Å²) in [6, 6.07) is 8.14. The van der Waals surface area contributed by atoms with Crippen molar-refractivity contribution in [3.63, 3.8) is 0 Å². The Labute approximate surface area is 173 Å². The maximum atomic E-state index is 12.3. The van der Waals surface area contributed by atoms with Gasteiger partial charge in [0.25, 0.3) is 0 Å². The molecule has 7 heteroatoms. The second-order valence-electron chi connectivity index (χ2n) is 6.65. The molecule has 1 fully saturated rings. The Balaban J connectivity index is 1.52. The number of ether oxygens (including phenoxy) is 1. The van der Waals surface area contributed by atoms with E-state index >= 15 is 0 Å². The second-order valence-corrected chi connectivity index (χ2v) is 8.59. The molecule has 1 aromatic carbocycles. The molecule has 4 rings (SSSR count). The monoisotopic (exact) mass is 413 g/mol. The zero-order valence-electron chi connectivity index (χ0n) is 15.9. The van der Waals surface area contributed by atoms with E-state index in [9.17, 15) is 4.79 Å². The van der Waals surface area contributed by atoms with E-state index in [0.29, 0.717) is 13.0 Å². The van der Waals surface area contributed by atoms with Crippen LogP contribution in [0.2, 0.25) is 0 Å². The summed E-state index contributed by atoms with van der Waals surface area (Å²) in [7, 11) is 0. The van der Waals surface area contributed by atoms with Crippen LogP contribution in [0.25, 0.3) is 21.3 Å². The van der Waals surface area contributed by atoms with Crippen LogP contribution in [0.1, 0.15) is 26.2 Å². The number of hydrogen-bond acceptors (Lipinski definition) is 6. The van der Waals surface area contributed by atoms with Gasteiger partial charge in [-0.25, -0.2) is 9.97 Å². The van der Waals surface area contributed by atoms with Crippen LogP contribution in [-0.2, 0) is 4.79 Å². The van der Waals surface area contributed by atoms with Gasteiger partial charge in [0.05, 0.1) is 12.0 Å². The van der Waals surface area contributed by atoms with Crippen molar-refractivity contribution in [3.05, 3.63) is 36.0 Å². The molecule has 0 saturated carbocycles. The first-order valence-electron chi connectivity index (χ1n) is 9.62. The lowest BCUT2D eigenvalue weighted by atomic mass is 10.1. The number of likely N-dealkylation sites (tertiary alicyclic amines) is 1. The fraction of sp³-hybridized carbons (Fsp3) is 0.381. The summed E-state index contributed by atoms with van der Waals surface area (Å²) in [4.78, 5) is 24.2. The Morgan fingerprint density at radius 1 is 1.21 bits per heavy atom. The summed E-state index contributed by atoms with van der Waals surface area (Å²) in [5, 5.41) is 4.16. The highest BCUT2D eigenvalue weighted by molar-refractivity contribution is 7.99. The Bertz CT molecular complexity index is 950. The highest BCUT2D eigenvalue weighted by Gasteiger charge is 2.18. The van der Waals surface area contributed by atoms with E-state index in [-0.39, 0.29) is 5.91 Å². The Morgan fingerprint density at radius 2 is 2.00 bits per heavy atom. The third-order valence-electron chi connectivity index (χ3n) is 4.83. The fourth-order valence-electron chi connectivity index (χ4n) is 3.43. The van der Waals surface area contributed by atoms with Crippen molar-refractivity contribution >= 4 is 39.2 Å². The molecule has 1 aliphatic heterocycles. The van der Waals surface area contributed by atoms with E-state index in [1.165, 1.54) is 0 Å². The first-order valence-corrected chi connectivity index (χ1v) is 11.5. The molecule has 0 unspecified atom stereocenters. The largest absolute Gasteiger partial charge is 0.494 e. The second kappa shape index (κ2) is 8.92. The molecule has 1 amide bonds. The summed E-state index contributed by atoms with van der Waals surface area (Å²) >= 11 is 3.27. The molecule has 0 aliphatic carbocycles. The number of carbonyl (C=O) groups excluding carboxylic acids is 1. The number of aromatic nitrogens is 2. The van der Waals surface area contributed by atoms with Gasteiger partial charge in [0.15, 0.2) is 0 Å². The Kier molecular flexibility index (Phi) is 6.12. The summed E-state index contributed by atoms with van der Waals surface area (Å²) in [5.41, 5.74) is 2.26. The van der Waals surface area contributed by atoms with Gasteiger partial charge in [-0.3, -0.25) is 4.79 Å². The first kappa shape index (κ1) is 19.2. The zero-order chi connectivity index (χ0) is 19.3. The number of hydrogen-bond donors (Lipinski definition) is 0. The van der Waals surface area contributed by atoms with Crippen molar-refractivity contribution < 1.29 is 9.53 Å². The van der Waals surface area contributed by atoms with Gasteiger partial charge in [-0.1, -0.05) is 12.1 Å². The zero-order valence-corrected chi connectivity index (χ0v) is 17.5. The lowest BCUT2D eigenvalue weighted by molar-refractivity contribution is -0.129. The quantitative estimate of drug-likeness (QED) is 0.409. The van der Waals surface area contributed by atoms with Crippen LogP contribution in [-0.4, -0.2) is 46.2 Å². The van der Waals surface area contributed by atoms with E-state index in [0.717, 1.165) is 63.8 Å². The predicted octanol–water partition coefficient (Wildman–Crippen LogP) is 4.86. The minimum absolute atomic E-state index is 0.257. The number of thioether (sulfide) groups is 1. The Hall–Kier alpha value is -2.12. The van der Waals surface area contributed by atoms with Crippen LogP contribution in [0.5, 0.6) is 5.75 Å². The molecule has 0 N–H and O–H groups in total. The molecule has 1 saturated heterocycles. The lowest BCUT2D eigenvalue weighted by Gasteiger charge is -2.14. The van der Waals surface area contributed by atoms with E-state index in [1.54, 1.807) is 29.4 Å². The van der Waals surface area contributed by atoms with Gasteiger partial charge in [0.1, 0.15) is 21.9 Å². The molecule has 2 aromatic heterocycles. The number of carbonyl (C=O) groups is 1. The number of benzene rings is 1. The number of nitrogens with zero attached hydrogens (tertiary/aromatic N) is 3. The first-order chi connectivity index (χ1) is 13.8. The van der Waals surface area contributed by atoms with Gasteiger partial charge in [0, 0.05) is 36.2 Å². The summed E-state index contributed by atoms with van der Waals surface area (Å²) in [6.45, 7) is 4.46. The highest BCUT2D eigenvalue weighted by atomic mass is 32.2. The van der Waals surface area contributed by atoms with Crippen LogP contribution in [0.15, 0.2) is 41.0 Å². The van der Waals surface area contributed by atoms with Crippen molar-refractivity contribution in [3.8, 4) is 16.9 Å². The minimum Gasteiger partial charge on any atom is -0.494 e. The predicted molar refractivity (Wildman–Crippen MR) is 115 cm³/mol. The fourth-order valence-corrected chi connectivity index (χ4v) is 5.35. The Morgan fingerprint density at radius 3 is 2.75 bits per heavy atom. The van der Waals surface area contributed by atoms with Crippen molar-refractivity contribution in [2.24, 2.45) is 0 Å². The average molecular weight is 414 g/mol. The molecular weight excluding hydrogens is 390 g/mol. The van der Waals surface area contributed by atoms with E-state index in [2.05, 4.69) is 27.5 Å². The number of amides is 1. The average Bonchev–Trinajstić information content (AvgIpc) is 3.39. The molecule has 5 nitrogen and oxygen atoms in total. The normalized spacial score (nSPS) is 14.0. The summed E-state index contributed by atoms with van der Waals surface area (Å²) < 4.78 is 5.54. The van der Waals surface area contributed by atoms with Crippen LogP contribution >= 0.6 is 23.1 Å². The van der Waals surface area contributed by atoms with Gasteiger partial charge in [0.2, 0.25) is 5.91 Å². The van der Waals surface area contributed by atoms with Gasteiger partial charge < -0.3 is 9.64 Å². The van der Waals surface area contributed by atoms with Gasteiger partial charge in [-0.2, -0.15) is 0 Å². The van der Waals surface area contributed by atoms with Gasteiger partial charge >= 0.3 is 0 Å².